The van der Waals surface area contributed by atoms with Crippen molar-refractivity contribution in [1.29, 1.82) is 0 Å². The molecule has 0 spiro atoms. The SMILES string of the molecule is CCN(CCCCCC[N+](CC)(CC)CC)c1ccc(N=Nc2ccc([N+](=O)[O-])cc2)cc1. The molecule has 0 bridgehead atoms. The minimum Gasteiger partial charge on any atom is -0.372 e. The van der Waals surface area contributed by atoms with Gasteiger partial charge in [0.1, 0.15) is 0 Å². The summed E-state index contributed by atoms with van der Waals surface area (Å²) in [6.07, 6.45) is 5.10. The van der Waals surface area contributed by atoms with E-state index in [2.05, 4.69) is 55.0 Å². The molecule has 0 heterocycles. The molecule has 7 nitrogen and oxygen atoms in total. The van der Waals surface area contributed by atoms with E-state index in [4.69, 9.17) is 0 Å². The van der Waals surface area contributed by atoms with E-state index in [1.807, 2.05) is 12.1 Å². The van der Waals surface area contributed by atoms with E-state index >= 15 is 0 Å². The second-order valence-corrected chi connectivity index (χ2v) is 8.50. The van der Waals surface area contributed by atoms with E-state index in [1.165, 1.54) is 74.2 Å². The third-order valence-electron chi connectivity index (χ3n) is 6.76. The minimum absolute atomic E-state index is 0.0492. The summed E-state index contributed by atoms with van der Waals surface area (Å²) in [5, 5.41) is 19.2. The number of nitro groups is 1. The Morgan fingerprint density at radius 2 is 1.30 bits per heavy atom. The number of quaternary nitrogens is 1. The molecular weight excluding hydrogens is 414 g/mol. The lowest BCUT2D eigenvalue weighted by Gasteiger charge is -2.35. The Morgan fingerprint density at radius 3 is 1.79 bits per heavy atom. The Hall–Kier alpha value is -2.80. The largest absolute Gasteiger partial charge is 0.372 e. The van der Waals surface area contributed by atoms with Crippen LogP contribution in [0.2, 0.25) is 0 Å². The molecule has 0 aromatic heterocycles. The molecule has 0 unspecified atom stereocenters. The topological polar surface area (TPSA) is 71.1 Å². The lowest BCUT2D eigenvalue weighted by molar-refractivity contribution is -0.923. The first kappa shape index (κ1) is 26.5. The van der Waals surface area contributed by atoms with E-state index in [-0.39, 0.29) is 5.69 Å². The highest BCUT2D eigenvalue weighted by molar-refractivity contribution is 5.53. The maximum Gasteiger partial charge on any atom is 0.269 e. The summed E-state index contributed by atoms with van der Waals surface area (Å²) in [5.41, 5.74) is 2.60. The predicted octanol–water partition coefficient (Wildman–Crippen LogP) is 7.27. The first-order valence-corrected chi connectivity index (χ1v) is 12.3. The van der Waals surface area contributed by atoms with Crippen LogP contribution in [-0.4, -0.2) is 48.7 Å². The Balaban J connectivity index is 1.80. The number of azo groups is 1. The fourth-order valence-corrected chi connectivity index (χ4v) is 4.20. The van der Waals surface area contributed by atoms with Gasteiger partial charge in [-0.05, 0) is 83.4 Å². The fourth-order valence-electron chi connectivity index (χ4n) is 4.20. The van der Waals surface area contributed by atoms with Gasteiger partial charge in [0, 0.05) is 30.9 Å². The third-order valence-corrected chi connectivity index (χ3v) is 6.76. The Morgan fingerprint density at radius 1 is 0.788 bits per heavy atom. The Bertz CT molecular complexity index is 853. The highest BCUT2D eigenvalue weighted by Gasteiger charge is 2.19. The summed E-state index contributed by atoms with van der Waals surface area (Å²) in [4.78, 5) is 12.7. The van der Waals surface area contributed by atoms with Gasteiger partial charge in [-0.2, -0.15) is 10.2 Å². The van der Waals surface area contributed by atoms with Crippen molar-refractivity contribution in [3.8, 4) is 0 Å². The molecule has 0 atom stereocenters. The van der Waals surface area contributed by atoms with Crippen molar-refractivity contribution < 1.29 is 9.41 Å². The maximum absolute atomic E-state index is 10.7. The van der Waals surface area contributed by atoms with Crippen molar-refractivity contribution in [2.45, 2.75) is 53.4 Å². The van der Waals surface area contributed by atoms with Crippen molar-refractivity contribution >= 4 is 22.7 Å². The normalized spacial score (nSPS) is 11.8. The monoisotopic (exact) mass is 454 g/mol. The first-order chi connectivity index (χ1) is 16.0. The summed E-state index contributed by atoms with van der Waals surface area (Å²) in [5.74, 6) is 0. The van der Waals surface area contributed by atoms with Gasteiger partial charge in [0.2, 0.25) is 0 Å². The van der Waals surface area contributed by atoms with E-state index < -0.39 is 4.92 Å². The maximum atomic E-state index is 10.7. The van der Waals surface area contributed by atoms with Crippen LogP contribution in [0.1, 0.15) is 53.4 Å². The number of rotatable bonds is 15. The Kier molecular flexibility index (Phi) is 11.0. The molecule has 0 aliphatic heterocycles. The first-order valence-electron chi connectivity index (χ1n) is 12.3. The van der Waals surface area contributed by atoms with Crippen molar-refractivity contribution in [1.82, 2.24) is 0 Å². The quantitative estimate of drug-likeness (QED) is 0.0933. The summed E-state index contributed by atoms with van der Waals surface area (Å²) in [7, 11) is 0. The zero-order valence-corrected chi connectivity index (χ0v) is 20.7. The molecule has 7 heteroatoms. The van der Waals surface area contributed by atoms with Gasteiger partial charge in [-0.25, -0.2) is 0 Å². The number of non-ortho nitro benzene ring substituents is 1. The molecular formula is C26H40N5O2+. The molecule has 0 saturated heterocycles. The van der Waals surface area contributed by atoms with Gasteiger partial charge in [0.05, 0.1) is 42.5 Å². The highest BCUT2D eigenvalue weighted by Crippen LogP contribution is 2.24. The zero-order chi connectivity index (χ0) is 24.1. The molecule has 180 valence electrons. The van der Waals surface area contributed by atoms with Crippen LogP contribution in [-0.2, 0) is 0 Å². The Labute approximate surface area is 198 Å². The van der Waals surface area contributed by atoms with E-state index in [0.29, 0.717) is 5.69 Å². The third kappa shape index (κ3) is 8.24. The second-order valence-electron chi connectivity index (χ2n) is 8.50. The average molecular weight is 455 g/mol. The van der Waals surface area contributed by atoms with Gasteiger partial charge in [-0.1, -0.05) is 6.42 Å². The van der Waals surface area contributed by atoms with Gasteiger partial charge in [0.25, 0.3) is 5.69 Å². The average Bonchev–Trinajstić information content (AvgIpc) is 2.86. The van der Waals surface area contributed by atoms with Crippen LogP contribution in [0.15, 0.2) is 58.8 Å². The molecule has 2 rings (SSSR count). The smallest absolute Gasteiger partial charge is 0.269 e. The lowest BCUT2D eigenvalue weighted by atomic mass is 10.1. The van der Waals surface area contributed by atoms with Gasteiger partial charge in [-0.3, -0.25) is 10.1 Å². The zero-order valence-electron chi connectivity index (χ0n) is 20.7. The number of anilines is 1. The van der Waals surface area contributed by atoms with Crippen LogP contribution in [0.5, 0.6) is 0 Å². The molecule has 0 amide bonds. The van der Waals surface area contributed by atoms with Crippen LogP contribution in [0.3, 0.4) is 0 Å². The van der Waals surface area contributed by atoms with Crippen LogP contribution in [0.4, 0.5) is 22.7 Å². The number of hydrogen-bond donors (Lipinski definition) is 0. The van der Waals surface area contributed by atoms with Crippen LogP contribution >= 0.6 is 0 Å². The summed E-state index contributed by atoms with van der Waals surface area (Å²) < 4.78 is 1.25. The van der Waals surface area contributed by atoms with E-state index in [1.54, 1.807) is 12.1 Å². The van der Waals surface area contributed by atoms with Gasteiger partial charge in [-0.15, -0.1) is 0 Å². The number of unbranched alkanes of at least 4 members (excludes halogenated alkanes) is 3. The minimum atomic E-state index is -0.423. The molecule has 2 aromatic rings. The molecule has 33 heavy (non-hydrogen) atoms. The summed E-state index contributed by atoms with van der Waals surface area (Å²) >= 11 is 0. The van der Waals surface area contributed by atoms with Crippen LogP contribution < -0.4 is 4.90 Å². The van der Waals surface area contributed by atoms with Crippen molar-refractivity contribution in [2.24, 2.45) is 10.2 Å². The molecule has 0 saturated carbocycles. The molecule has 0 aliphatic rings. The fraction of sp³-hybridized carbons (Fsp3) is 0.538. The molecule has 2 aromatic carbocycles. The molecule has 0 aliphatic carbocycles. The van der Waals surface area contributed by atoms with Crippen molar-refractivity contribution in [3.05, 3.63) is 58.6 Å². The molecule has 0 radical (unpaired) electrons. The van der Waals surface area contributed by atoms with Crippen molar-refractivity contribution in [2.75, 3.05) is 44.2 Å². The van der Waals surface area contributed by atoms with Crippen molar-refractivity contribution in [3.63, 3.8) is 0 Å². The number of nitrogens with zero attached hydrogens (tertiary/aromatic N) is 5. The van der Waals surface area contributed by atoms with Gasteiger partial charge in [0.15, 0.2) is 0 Å². The highest BCUT2D eigenvalue weighted by atomic mass is 16.6. The summed E-state index contributed by atoms with van der Waals surface area (Å²) in [6, 6.07) is 14.2. The van der Waals surface area contributed by atoms with Crippen LogP contribution in [0, 0.1) is 10.1 Å². The number of hydrogen-bond acceptors (Lipinski definition) is 5. The van der Waals surface area contributed by atoms with E-state index in [0.717, 1.165) is 18.8 Å². The lowest BCUT2D eigenvalue weighted by Crippen LogP contribution is -2.48. The number of benzene rings is 2. The van der Waals surface area contributed by atoms with Gasteiger partial charge >= 0.3 is 0 Å². The van der Waals surface area contributed by atoms with Crippen LogP contribution in [0.25, 0.3) is 0 Å². The second kappa shape index (κ2) is 13.7. The predicted molar refractivity (Wildman–Crippen MR) is 137 cm³/mol. The van der Waals surface area contributed by atoms with Gasteiger partial charge < -0.3 is 9.38 Å². The van der Waals surface area contributed by atoms with E-state index in [9.17, 15) is 10.1 Å². The standard InChI is InChI=1S/C26H40N5O2/c1-5-29(21-11-9-10-12-22-31(6-2,7-3)8-4)25-17-13-23(14-18-25)27-28-24-15-19-26(20-16-24)30(32)33/h13-20H,5-12,21-22H2,1-4H3/q+1. The summed E-state index contributed by atoms with van der Waals surface area (Å²) in [6.45, 7) is 16.2. The molecule has 0 fully saturated rings. The number of nitro benzene ring substituents is 1. The molecule has 0 N–H and O–H groups in total.